The molecule has 0 rings (SSSR count). The molecule has 5 nitrogen and oxygen atoms in total. The number of carboxylic acids is 1. The third-order valence-corrected chi connectivity index (χ3v) is 1.84. The number of carbonyl (C=O) groups is 1. The molecule has 0 aliphatic carbocycles. The van der Waals surface area contributed by atoms with Crippen LogP contribution in [0.2, 0.25) is 0 Å². The minimum Gasteiger partial charge on any atom is -0.479 e. The van der Waals surface area contributed by atoms with Gasteiger partial charge in [0.2, 0.25) is 0 Å². The van der Waals surface area contributed by atoms with Gasteiger partial charge in [0.1, 0.15) is 6.10 Å². The molecule has 0 aliphatic heterocycles. The van der Waals surface area contributed by atoms with Gasteiger partial charge in [0.25, 0.3) is 0 Å². The molecule has 90 valence electrons. The van der Waals surface area contributed by atoms with Gasteiger partial charge in [-0.3, -0.25) is 0 Å². The Morgan fingerprint density at radius 1 is 1.40 bits per heavy atom. The number of aliphatic hydroxyl groups is 1. The summed E-state index contributed by atoms with van der Waals surface area (Å²) in [6.45, 7) is 4.26. The van der Waals surface area contributed by atoms with E-state index in [0.29, 0.717) is 6.61 Å². The Morgan fingerprint density at radius 3 is 2.60 bits per heavy atom. The van der Waals surface area contributed by atoms with Gasteiger partial charge in [0.15, 0.2) is 6.10 Å². The number of aliphatic carboxylic acids is 1. The molecule has 0 radical (unpaired) electrons. The Labute approximate surface area is 90.0 Å². The molecule has 0 aliphatic rings. The molecule has 0 amide bonds. The lowest BCUT2D eigenvalue weighted by Gasteiger charge is -2.13. The van der Waals surface area contributed by atoms with Crippen LogP contribution in [0.4, 0.5) is 0 Å². The normalized spacial score (nSPS) is 14.9. The topological polar surface area (TPSA) is 76.0 Å². The van der Waals surface area contributed by atoms with Crippen molar-refractivity contribution in [3.8, 4) is 0 Å². The minimum atomic E-state index is -1.03. The van der Waals surface area contributed by atoms with Crippen molar-refractivity contribution >= 4 is 5.97 Å². The molecule has 0 heterocycles. The molecular formula is C10H20O5. The fourth-order valence-electron chi connectivity index (χ4n) is 0.841. The zero-order chi connectivity index (χ0) is 11.7. The third kappa shape index (κ3) is 8.35. The van der Waals surface area contributed by atoms with E-state index >= 15 is 0 Å². The fourth-order valence-corrected chi connectivity index (χ4v) is 0.841. The van der Waals surface area contributed by atoms with Crippen LogP contribution >= 0.6 is 0 Å². The maximum Gasteiger partial charge on any atom is 0.332 e. The van der Waals surface area contributed by atoms with E-state index in [9.17, 15) is 9.90 Å². The highest BCUT2D eigenvalue weighted by molar-refractivity contribution is 5.71. The molecule has 0 bridgehead atoms. The summed E-state index contributed by atoms with van der Waals surface area (Å²) >= 11 is 0. The molecule has 0 aromatic rings. The molecule has 1 unspecified atom stereocenters. The Kier molecular flexibility index (Phi) is 8.27. The van der Waals surface area contributed by atoms with E-state index in [1.165, 1.54) is 6.92 Å². The molecule has 0 aromatic carbocycles. The van der Waals surface area contributed by atoms with Crippen molar-refractivity contribution in [1.29, 1.82) is 0 Å². The lowest BCUT2D eigenvalue weighted by molar-refractivity contribution is -0.151. The summed E-state index contributed by atoms with van der Waals surface area (Å²) in [5, 5.41) is 17.8. The summed E-state index contributed by atoms with van der Waals surface area (Å²) in [5.41, 5.74) is 0. The molecule has 0 spiro atoms. The number of ether oxygens (including phenoxy) is 2. The first-order valence-corrected chi connectivity index (χ1v) is 5.18. The van der Waals surface area contributed by atoms with Crippen LogP contribution in [0.3, 0.4) is 0 Å². The highest BCUT2D eigenvalue weighted by Crippen LogP contribution is 1.95. The summed E-state index contributed by atoms with van der Waals surface area (Å²) in [7, 11) is 0. The zero-order valence-electron chi connectivity index (χ0n) is 9.31. The number of carboxylic acid groups (broad SMARTS) is 1. The van der Waals surface area contributed by atoms with Crippen LogP contribution in [0.1, 0.15) is 26.7 Å². The lowest BCUT2D eigenvalue weighted by atomic mass is 10.3. The summed E-state index contributed by atoms with van der Waals surface area (Å²) < 4.78 is 10.0. The van der Waals surface area contributed by atoms with Gasteiger partial charge in [-0.2, -0.15) is 0 Å². The van der Waals surface area contributed by atoms with Crippen molar-refractivity contribution in [3.63, 3.8) is 0 Å². The van der Waals surface area contributed by atoms with E-state index < -0.39 is 18.2 Å². The SMILES string of the molecule is CCCCOCC(O)CO[C@@H](C)C(=O)O. The van der Waals surface area contributed by atoms with Crippen LogP contribution in [-0.4, -0.2) is 48.2 Å². The monoisotopic (exact) mass is 220 g/mol. The summed E-state index contributed by atoms with van der Waals surface area (Å²) in [6.07, 6.45) is 0.348. The summed E-state index contributed by atoms with van der Waals surface area (Å²) in [6, 6.07) is 0. The first-order valence-electron chi connectivity index (χ1n) is 5.18. The van der Waals surface area contributed by atoms with E-state index in [-0.39, 0.29) is 13.2 Å². The predicted molar refractivity (Wildman–Crippen MR) is 54.8 cm³/mol. The van der Waals surface area contributed by atoms with E-state index in [0.717, 1.165) is 12.8 Å². The Bertz CT molecular complexity index is 171. The fraction of sp³-hybridized carbons (Fsp3) is 0.900. The van der Waals surface area contributed by atoms with Gasteiger partial charge in [-0.1, -0.05) is 13.3 Å². The molecule has 15 heavy (non-hydrogen) atoms. The second-order valence-electron chi connectivity index (χ2n) is 3.40. The van der Waals surface area contributed by atoms with Crippen LogP contribution in [0.15, 0.2) is 0 Å². The van der Waals surface area contributed by atoms with E-state index in [4.69, 9.17) is 14.6 Å². The van der Waals surface area contributed by atoms with Crippen molar-refractivity contribution < 1.29 is 24.5 Å². The maximum absolute atomic E-state index is 10.4. The maximum atomic E-state index is 10.4. The van der Waals surface area contributed by atoms with Gasteiger partial charge < -0.3 is 19.7 Å². The van der Waals surface area contributed by atoms with Crippen molar-refractivity contribution in [2.24, 2.45) is 0 Å². The highest BCUT2D eigenvalue weighted by atomic mass is 16.5. The molecule has 5 heteroatoms. The minimum absolute atomic E-state index is 0.0143. The second kappa shape index (κ2) is 8.64. The first-order chi connectivity index (χ1) is 7.07. The van der Waals surface area contributed by atoms with Crippen LogP contribution in [0.5, 0.6) is 0 Å². The molecule has 0 fully saturated rings. The van der Waals surface area contributed by atoms with E-state index in [1.807, 2.05) is 0 Å². The van der Waals surface area contributed by atoms with Crippen molar-refractivity contribution in [2.45, 2.75) is 38.9 Å². The van der Waals surface area contributed by atoms with Crippen LogP contribution < -0.4 is 0 Å². The Balaban J connectivity index is 3.40. The van der Waals surface area contributed by atoms with Crippen LogP contribution in [0.25, 0.3) is 0 Å². The molecule has 2 N–H and O–H groups in total. The van der Waals surface area contributed by atoms with Crippen LogP contribution in [0, 0.1) is 0 Å². The number of rotatable bonds is 9. The van der Waals surface area contributed by atoms with E-state index in [2.05, 4.69) is 6.92 Å². The van der Waals surface area contributed by atoms with Gasteiger partial charge in [0, 0.05) is 6.61 Å². The lowest BCUT2D eigenvalue weighted by Crippen LogP contribution is -2.28. The summed E-state index contributed by atoms with van der Waals surface area (Å²) in [4.78, 5) is 10.4. The number of aliphatic hydroxyl groups excluding tert-OH is 1. The highest BCUT2D eigenvalue weighted by Gasteiger charge is 2.13. The smallest absolute Gasteiger partial charge is 0.332 e. The first kappa shape index (κ1) is 14.3. The van der Waals surface area contributed by atoms with Gasteiger partial charge in [-0.15, -0.1) is 0 Å². The van der Waals surface area contributed by atoms with Gasteiger partial charge in [-0.05, 0) is 13.3 Å². The second-order valence-corrected chi connectivity index (χ2v) is 3.40. The van der Waals surface area contributed by atoms with E-state index in [1.54, 1.807) is 0 Å². The number of unbranched alkanes of at least 4 members (excludes halogenated alkanes) is 1. The van der Waals surface area contributed by atoms with Gasteiger partial charge in [-0.25, -0.2) is 4.79 Å². The van der Waals surface area contributed by atoms with Crippen molar-refractivity contribution in [1.82, 2.24) is 0 Å². The van der Waals surface area contributed by atoms with Gasteiger partial charge in [0.05, 0.1) is 13.2 Å². The van der Waals surface area contributed by atoms with Crippen LogP contribution in [-0.2, 0) is 14.3 Å². The Hall–Kier alpha value is -0.650. The average molecular weight is 220 g/mol. The Morgan fingerprint density at radius 2 is 2.07 bits per heavy atom. The molecule has 0 saturated carbocycles. The molecular weight excluding hydrogens is 200 g/mol. The number of hydrogen-bond donors (Lipinski definition) is 2. The molecule has 0 aromatic heterocycles. The molecule has 2 atom stereocenters. The van der Waals surface area contributed by atoms with Crippen molar-refractivity contribution in [2.75, 3.05) is 19.8 Å². The van der Waals surface area contributed by atoms with Crippen molar-refractivity contribution in [3.05, 3.63) is 0 Å². The quantitative estimate of drug-likeness (QED) is 0.558. The standard InChI is InChI=1S/C10H20O5/c1-3-4-5-14-6-9(11)7-15-8(2)10(12)13/h8-9,11H,3-7H2,1-2H3,(H,12,13)/t8-,9?/m0/s1. The third-order valence-electron chi connectivity index (χ3n) is 1.84. The zero-order valence-corrected chi connectivity index (χ0v) is 9.31. The number of hydrogen-bond acceptors (Lipinski definition) is 4. The summed E-state index contributed by atoms with van der Waals surface area (Å²) in [5.74, 6) is -1.03. The molecule has 0 saturated heterocycles. The average Bonchev–Trinajstić information content (AvgIpc) is 2.20. The largest absolute Gasteiger partial charge is 0.479 e. The van der Waals surface area contributed by atoms with Gasteiger partial charge >= 0.3 is 5.97 Å². The predicted octanol–water partition coefficient (Wildman–Crippen LogP) is 0.654.